The number of thiophene rings is 1. The smallest absolute Gasteiger partial charge is 0.271 e. The van der Waals surface area contributed by atoms with Gasteiger partial charge in [-0.3, -0.25) is 39.2 Å². The minimum atomic E-state index is -0.0799. The van der Waals surface area contributed by atoms with E-state index in [0.29, 0.717) is 22.8 Å². The first-order valence-electron chi connectivity index (χ1n) is 48.4. The molecule has 0 saturated carbocycles. The number of likely N-dealkylation sites (tertiary alicyclic amines) is 1. The number of furan rings is 1. The van der Waals surface area contributed by atoms with Crippen molar-refractivity contribution < 1.29 is 9.21 Å². The summed E-state index contributed by atoms with van der Waals surface area (Å²) in [6.07, 6.45) is 26.7. The first kappa shape index (κ1) is 123. The second-order valence-electron chi connectivity index (χ2n) is 27.6. The van der Waals surface area contributed by atoms with E-state index in [1.165, 1.54) is 157 Å². The minimum absolute atomic E-state index is 0.000556. The zero-order chi connectivity index (χ0) is 101. The Balaban J connectivity index is 0. The Bertz CT molecular complexity index is 5810. The van der Waals surface area contributed by atoms with Gasteiger partial charge in [-0.2, -0.15) is 5.10 Å². The van der Waals surface area contributed by atoms with Gasteiger partial charge >= 0.3 is 0 Å². The van der Waals surface area contributed by atoms with Gasteiger partial charge in [0.1, 0.15) is 15.7 Å². The Morgan fingerprint density at radius 3 is 1.51 bits per heavy atom. The van der Waals surface area contributed by atoms with Gasteiger partial charge in [0.15, 0.2) is 5.65 Å². The minimum Gasteiger partial charge on any atom is -0.472 e. The van der Waals surface area contributed by atoms with Gasteiger partial charge in [0.2, 0.25) is 5.91 Å². The molecule has 0 spiro atoms. The fourth-order valence-electron chi connectivity index (χ4n) is 12.2. The molecule has 6 aromatic carbocycles. The molecule has 20 rings (SSSR count). The van der Waals surface area contributed by atoms with Crippen LogP contribution >= 0.6 is 11.3 Å². The maximum atomic E-state index is 11.5. The molecule has 2 aliphatic heterocycles. The fraction of sp³-hybridized carbons (Fsp3) is 0.381. The number of anilines is 1. The molecule has 3 aliphatic rings. The largest absolute Gasteiger partial charge is 0.472 e. The number of carbonyl (C=O) groups excluding carboxylic acids is 1. The molecule has 0 atom stereocenters. The van der Waals surface area contributed by atoms with E-state index in [9.17, 15) is 19.2 Å². The highest BCUT2D eigenvalue weighted by Crippen LogP contribution is 2.24. The first-order chi connectivity index (χ1) is 65.2. The molecule has 13 heterocycles. The first-order valence-corrected chi connectivity index (χ1v) is 49.2. The molecule has 0 bridgehead atoms. The third-order valence-corrected chi connectivity index (χ3v) is 19.3. The van der Waals surface area contributed by atoms with Crippen molar-refractivity contribution in [3.05, 3.63) is 343 Å². The van der Waals surface area contributed by atoms with Crippen molar-refractivity contribution in [2.75, 3.05) is 25.5 Å². The lowest BCUT2D eigenvalue weighted by atomic mass is 9.91. The van der Waals surface area contributed by atoms with E-state index < -0.39 is 0 Å². The van der Waals surface area contributed by atoms with Crippen LogP contribution in [0, 0.1) is 48.5 Å². The van der Waals surface area contributed by atoms with E-state index >= 15 is 0 Å². The van der Waals surface area contributed by atoms with Crippen molar-refractivity contribution in [2.24, 2.45) is 21.1 Å². The van der Waals surface area contributed by atoms with Gasteiger partial charge in [0.05, 0.1) is 65.2 Å². The van der Waals surface area contributed by atoms with E-state index in [4.69, 9.17) is 4.42 Å². The van der Waals surface area contributed by atoms with Crippen LogP contribution in [0.25, 0.3) is 70.4 Å². The summed E-state index contributed by atoms with van der Waals surface area (Å²) in [5.74, 6) is 0.131. The third-order valence-electron chi connectivity index (χ3n) is 18.4. The molecule has 1 saturated heterocycles. The molecule has 726 valence electrons. The van der Waals surface area contributed by atoms with Gasteiger partial charge < -0.3 is 32.7 Å². The Morgan fingerprint density at radius 2 is 0.910 bits per heavy atom. The number of carbonyl (C=O) groups is 1. The molecule has 0 unspecified atom stereocenters. The number of para-hydroxylation sites is 2. The maximum absolute atomic E-state index is 11.5. The van der Waals surface area contributed by atoms with Gasteiger partial charge in [-0.05, 0) is 225 Å². The van der Waals surface area contributed by atoms with Crippen LogP contribution in [0.2, 0.25) is 0 Å². The van der Waals surface area contributed by atoms with Crippen molar-refractivity contribution >= 4 is 93.3 Å². The Kier molecular flexibility index (Phi) is 69.7. The molecular formula is C113H163N15O5S. The highest BCUT2D eigenvalue weighted by molar-refractivity contribution is 7.17. The topological polar surface area (TPSA) is 235 Å². The SMILES string of the molecule is CC.CC.CC.CC.CC.CC.CC.CC.CC.CC.CC.CN1CCCC1.Cc1cc2ccccc2cn1.Cc1ccc2c(c1)CCC(=O)N2.Cc1ccc2c(c1)CCCC2.Cc1ccc2ccccc2n1.Cc1ccc2ncccc2c1.Cc1ccoc1.Cc1cnc2ccccn12.Cn1cnc2[nH]ncc2c1=O.Cn1cnc2ccccc2c1=O.Cn1cnc2ccsc2c1=O. The number of aryl methyl sites for hydroxylation is 13. The number of benzene rings is 6. The summed E-state index contributed by atoms with van der Waals surface area (Å²) in [5, 5.41) is 17.1. The number of fused-ring (bicyclic) bond motifs is 9. The lowest BCUT2D eigenvalue weighted by Gasteiger charge is -2.16. The fourth-order valence-corrected chi connectivity index (χ4v) is 13.0. The molecule has 20 nitrogen and oxygen atoms in total. The van der Waals surface area contributed by atoms with Crippen LogP contribution in [0.1, 0.15) is 240 Å². The highest BCUT2D eigenvalue weighted by Gasteiger charge is 2.14. The summed E-state index contributed by atoms with van der Waals surface area (Å²) in [6, 6.07) is 63.0. The molecule has 1 amide bonds. The van der Waals surface area contributed by atoms with Crippen molar-refractivity contribution in [3.8, 4) is 0 Å². The van der Waals surface area contributed by atoms with E-state index in [1.807, 2.05) is 319 Å². The Morgan fingerprint density at radius 1 is 0.373 bits per heavy atom. The second-order valence-corrected chi connectivity index (χ2v) is 28.5. The van der Waals surface area contributed by atoms with Gasteiger partial charge in [-0.15, -0.1) is 11.3 Å². The number of hydrogen-bond acceptors (Lipinski definition) is 15. The van der Waals surface area contributed by atoms with Crippen LogP contribution in [0.15, 0.2) is 275 Å². The summed E-state index contributed by atoms with van der Waals surface area (Å²) in [6.45, 7) is 61.0. The maximum Gasteiger partial charge on any atom is 0.271 e. The van der Waals surface area contributed by atoms with Gasteiger partial charge in [-0.1, -0.05) is 278 Å². The van der Waals surface area contributed by atoms with E-state index in [1.54, 1.807) is 50.9 Å². The molecule has 0 radical (unpaired) electrons. The van der Waals surface area contributed by atoms with Crippen molar-refractivity contribution in [3.63, 3.8) is 0 Å². The predicted molar refractivity (Wildman–Crippen MR) is 581 cm³/mol. The lowest BCUT2D eigenvalue weighted by Crippen LogP contribution is -2.18. The van der Waals surface area contributed by atoms with Gasteiger partial charge in [-0.25, -0.2) is 19.9 Å². The Labute approximate surface area is 807 Å². The molecule has 134 heavy (non-hydrogen) atoms. The van der Waals surface area contributed by atoms with Crippen molar-refractivity contribution in [1.29, 1.82) is 0 Å². The molecule has 1 aliphatic carbocycles. The quantitative estimate of drug-likeness (QED) is 0.144. The number of hydrogen-bond donors (Lipinski definition) is 2. The van der Waals surface area contributed by atoms with E-state index in [0.717, 1.165) is 55.9 Å². The number of nitrogens with zero attached hydrogens (tertiary/aromatic N) is 13. The number of imidazole rings is 1. The monoisotopic (exact) mass is 1840 g/mol. The molecule has 17 aromatic rings. The summed E-state index contributed by atoms with van der Waals surface area (Å²) in [7, 11) is 7.23. The summed E-state index contributed by atoms with van der Waals surface area (Å²) in [4.78, 5) is 76.5. The summed E-state index contributed by atoms with van der Waals surface area (Å²) < 4.78 is 11.9. The van der Waals surface area contributed by atoms with Crippen molar-refractivity contribution in [2.45, 2.75) is 252 Å². The van der Waals surface area contributed by atoms with Gasteiger partial charge in [0, 0.05) is 91.3 Å². The number of pyridine rings is 4. The van der Waals surface area contributed by atoms with Crippen LogP contribution in [-0.4, -0.2) is 94.1 Å². The van der Waals surface area contributed by atoms with E-state index in [2.05, 4.69) is 160 Å². The molecule has 2 N–H and O–H groups in total. The normalized spacial score (nSPS) is 10.7. The van der Waals surface area contributed by atoms with Crippen LogP contribution in [0.5, 0.6) is 0 Å². The molecule has 1 fully saturated rings. The summed E-state index contributed by atoms with van der Waals surface area (Å²) >= 11 is 1.43. The zero-order valence-electron chi connectivity index (χ0n) is 87.6. The lowest BCUT2D eigenvalue weighted by molar-refractivity contribution is -0.116. The predicted octanol–water partition coefficient (Wildman–Crippen LogP) is 29.2. The highest BCUT2D eigenvalue weighted by atomic mass is 32.1. The third kappa shape index (κ3) is 44.7. The molecule has 21 heteroatoms. The standard InChI is InChI=1S/C11H14.C10H11NO.3C10H9N.C9H8N2O.C8H8N2.C7H6N2OS.C6H6N4O.C5H11N.C5H6O.11C2H6/c1-9-6-7-10-4-2-3-5-11(10)8-9;1-7-2-4-9-8(6-7)3-5-10(12)11-9;1-8-4-5-10-9(7-8)3-2-6-11-10;1-8-6-9-4-2-3-5-10(9)7-11-8;1-8-6-7-9-4-2-3-5-10(9)11-8;1-11-6-10-8-5-3-2-4-7(8)9(11)12;1-7-6-9-8-4-2-3-5-10(7)8;1-9-4-8-5-2-3-11-6(5)7(9)10;1-10-3-7-5-4(6(10)11)2-8-9-5;1-6-4-2-3-5-6;1-5-2-3-6-4-5;11*1-2/h6-8H,2-5H2,1H3;2,4,6H,3,5H2,1H3,(H,11,12);3*2-7H,1H3;2-6H,1H3;2-6H,1H3;2-4H,1H3;2-3H,1H3,(H,8,9);2-5H2,1H3;2-4H,1H3;11*1-2H3. The van der Waals surface area contributed by atoms with Crippen LogP contribution in [0.3, 0.4) is 0 Å². The van der Waals surface area contributed by atoms with E-state index in [-0.39, 0.29) is 22.6 Å². The number of aromatic nitrogens is 13. The van der Waals surface area contributed by atoms with Crippen LogP contribution in [0.4, 0.5) is 5.69 Å². The Hall–Kier alpha value is -12.7. The number of nitrogens with one attached hydrogen (secondary N) is 2. The van der Waals surface area contributed by atoms with Gasteiger partial charge in [0.25, 0.3) is 16.7 Å². The van der Waals surface area contributed by atoms with Crippen molar-refractivity contribution in [1.82, 2.24) is 68.1 Å². The summed E-state index contributed by atoms with van der Waals surface area (Å²) in [5.41, 5.74) is 19.1. The number of H-pyrrole nitrogens is 1. The zero-order valence-corrected chi connectivity index (χ0v) is 88.4. The van der Waals surface area contributed by atoms with Crippen LogP contribution in [-0.2, 0) is 45.2 Å². The average molecular weight is 1840 g/mol. The molecule has 11 aromatic heterocycles. The number of rotatable bonds is 0. The second kappa shape index (κ2) is 75.8. The van der Waals surface area contributed by atoms with Crippen LogP contribution < -0.4 is 22.0 Å². The number of aromatic amines is 1. The molecular weight excluding hydrogens is 1680 g/mol. The number of amides is 1. The average Bonchev–Trinajstić information content (AvgIpc) is 1.71.